The maximum absolute atomic E-state index is 13.1. The number of alkyl halides is 3. The molecule has 1 aromatic heterocycles. The van der Waals surface area contributed by atoms with Gasteiger partial charge >= 0.3 is 6.18 Å². The van der Waals surface area contributed by atoms with Gasteiger partial charge in [-0.3, -0.25) is 10.0 Å². The minimum absolute atomic E-state index is 0.00520. The van der Waals surface area contributed by atoms with Crippen molar-refractivity contribution in [1.82, 2.24) is 4.98 Å². The predicted octanol–water partition coefficient (Wildman–Crippen LogP) is 3.10. The maximum atomic E-state index is 13.1. The highest BCUT2D eigenvalue weighted by Gasteiger charge is 2.43. The molecule has 2 aromatic rings. The van der Waals surface area contributed by atoms with E-state index in [1.807, 2.05) is 6.92 Å². The molecule has 1 N–H and O–H groups in total. The lowest BCUT2D eigenvalue weighted by molar-refractivity contribution is -0.178. The Morgan fingerprint density at radius 1 is 1.38 bits per heavy atom. The number of hydrogen-bond acceptors (Lipinski definition) is 9. The zero-order chi connectivity index (χ0) is 21.0. The van der Waals surface area contributed by atoms with Crippen molar-refractivity contribution in [3.05, 3.63) is 33.3 Å². The van der Waals surface area contributed by atoms with Crippen LogP contribution >= 0.6 is 11.3 Å². The first-order valence-electron chi connectivity index (χ1n) is 8.87. The molecule has 0 amide bonds. The molecule has 12 heteroatoms. The molecule has 1 atom stereocenters. The van der Waals surface area contributed by atoms with E-state index in [9.17, 15) is 28.4 Å². The average Bonchev–Trinajstić information content (AvgIpc) is 3.00. The number of piperidine rings is 1. The number of aromatic nitrogens is 1. The second-order valence-electron chi connectivity index (χ2n) is 7.08. The maximum Gasteiger partial charge on any atom is 0.416 e. The quantitative estimate of drug-likeness (QED) is 0.723. The third-order valence-electron chi connectivity index (χ3n) is 5.02. The van der Waals surface area contributed by atoms with Crippen molar-refractivity contribution in [2.24, 2.45) is 0 Å². The Balaban J connectivity index is 1.70. The second-order valence-corrected chi connectivity index (χ2v) is 8.06. The minimum Gasteiger partial charge on any atom is -0.733 e. The van der Waals surface area contributed by atoms with Gasteiger partial charge in [-0.25, -0.2) is 0 Å². The Kier molecular flexibility index (Phi) is 4.94. The van der Waals surface area contributed by atoms with Crippen molar-refractivity contribution >= 4 is 32.2 Å². The van der Waals surface area contributed by atoms with Crippen LogP contribution in [0.5, 0.6) is 0 Å². The Bertz CT molecular complexity index is 989. The van der Waals surface area contributed by atoms with Crippen molar-refractivity contribution < 1.29 is 27.9 Å². The van der Waals surface area contributed by atoms with E-state index < -0.39 is 34.0 Å². The smallest absolute Gasteiger partial charge is 0.416 e. The molecule has 2 aliphatic rings. The van der Waals surface area contributed by atoms with E-state index in [1.165, 1.54) is 0 Å². The van der Waals surface area contributed by atoms with Gasteiger partial charge in [0.05, 0.1) is 34.0 Å². The first-order valence-corrected chi connectivity index (χ1v) is 9.69. The highest BCUT2D eigenvalue weighted by Crippen LogP contribution is 2.40. The fourth-order valence-corrected chi connectivity index (χ4v) is 4.71. The number of nitrogens with zero attached hydrogens (tertiary/aromatic N) is 3. The van der Waals surface area contributed by atoms with Gasteiger partial charge in [0.15, 0.2) is 10.9 Å². The minimum atomic E-state index is -4.78. The van der Waals surface area contributed by atoms with Crippen molar-refractivity contribution in [2.75, 3.05) is 29.8 Å². The van der Waals surface area contributed by atoms with Gasteiger partial charge in [-0.1, -0.05) is 11.3 Å². The van der Waals surface area contributed by atoms with Crippen molar-refractivity contribution in [3.8, 4) is 0 Å². The Morgan fingerprint density at radius 2 is 2.07 bits per heavy atom. The van der Waals surface area contributed by atoms with Crippen molar-refractivity contribution in [3.63, 3.8) is 0 Å². The number of anilines is 2. The molecule has 29 heavy (non-hydrogen) atoms. The largest absolute Gasteiger partial charge is 0.733 e. The molecule has 2 aliphatic heterocycles. The molecule has 2 fully saturated rings. The zero-order valence-corrected chi connectivity index (χ0v) is 16.0. The van der Waals surface area contributed by atoms with Crippen LogP contribution in [0.3, 0.4) is 0 Å². The summed E-state index contributed by atoms with van der Waals surface area (Å²) in [5, 5.41) is 20.0. The van der Waals surface area contributed by atoms with Gasteiger partial charge in [-0.2, -0.15) is 18.2 Å². The zero-order valence-electron chi connectivity index (χ0n) is 15.2. The summed E-state index contributed by atoms with van der Waals surface area (Å²) in [5.41, 5.74) is -2.76. The van der Waals surface area contributed by atoms with E-state index in [-0.39, 0.29) is 21.3 Å². The number of fused-ring (bicyclic) bond motifs is 1. The Morgan fingerprint density at radius 3 is 2.62 bits per heavy atom. The number of benzene rings is 1. The number of halogens is 3. The number of rotatable bonds is 2. The molecule has 0 bridgehead atoms. The van der Waals surface area contributed by atoms with Gasteiger partial charge in [-0.05, 0) is 19.1 Å². The molecule has 3 heterocycles. The van der Waals surface area contributed by atoms with Crippen LogP contribution < -0.4 is 15.7 Å². The van der Waals surface area contributed by atoms with Crippen LogP contribution in [0.15, 0.2) is 16.9 Å². The SMILES string of the molecule is CC1COC2(CCN(c3nc(=O)c4cc(C(F)(F)F)cc(N([O-])O)c4s3)CC2)O1. The van der Waals surface area contributed by atoms with Crippen LogP contribution in [-0.4, -0.2) is 41.8 Å². The van der Waals surface area contributed by atoms with E-state index >= 15 is 0 Å². The molecule has 4 rings (SSSR count). The second kappa shape index (κ2) is 7.06. The van der Waals surface area contributed by atoms with E-state index in [0.29, 0.717) is 44.7 Å². The van der Waals surface area contributed by atoms with Gasteiger partial charge in [0.25, 0.3) is 5.56 Å². The van der Waals surface area contributed by atoms with Crippen LogP contribution in [0.25, 0.3) is 10.1 Å². The lowest BCUT2D eigenvalue weighted by Crippen LogP contribution is -2.45. The van der Waals surface area contributed by atoms with Crippen LogP contribution in [-0.2, 0) is 15.7 Å². The molecule has 8 nitrogen and oxygen atoms in total. The van der Waals surface area contributed by atoms with Crippen LogP contribution in [0, 0.1) is 5.21 Å². The molecule has 158 valence electrons. The molecular formula is C17H17F3N3O5S-. The summed E-state index contributed by atoms with van der Waals surface area (Å²) in [4.78, 5) is 18.1. The normalized spacial score (nSPS) is 21.9. The first-order chi connectivity index (χ1) is 13.6. The van der Waals surface area contributed by atoms with Gasteiger partial charge in [0.1, 0.15) is 0 Å². The number of hydrogen-bond donors (Lipinski definition) is 1. The van der Waals surface area contributed by atoms with Gasteiger partial charge in [0, 0.05) is 25.9 Å². The molecule has 1 unspecified atom stereocenters. The lowest BCUT2D eigenvalue weighted by atomic mass is 10.0. The monoisotopic (exact) mass is 432 g/mol. The van der Waals surface area contributed by atoms with Gasteiger partial charge in [-0.15, -0.1) is 0 Å². The highest BCUT2D eigenvalue weighted by molar-refractivity contribution is 7.22. The van der Waals surface area contributed by atoms with E-state index in [4.69, 9.17) is 9.47 Å². The van der Waals surface area contributed by atoms with Gasteiger partial charge < -0.3 is 24.8 Å². The summed E-state index contributed by atoms with van der Waals surface area (Å²) in [6.45, 7) is 3.33. The Hall–Kier alpha value is -1.99. The summed E-state index contributed by atoms with van der Waals surface area (Å²) in [5.74, 6) is -0.665. The molecule has 0 saturated carbocycles. The molecule has 0 radical (unpaired) electrons. The van der Waals surface area contributed by atoms with Crippen molar-refractivity contribution in [1.29, 1.82) is 0 Å². The van der Waals surface area contributed by atoms with Crippen LogP contribution in [0.2, 0.25) is 0 Å². The van der Waals surface area contributed by atoms with E-state index in [1.54, 1.807) is 4.90 Å². The molecule has 2 saturated heterocycles. The van der Waals surface area contributed by atoms with Gasteiger partial charge in [0.2, 0.25) is 0 Å². The number of ether oxygens (including phenoxy) is 2. The summed E-state index contributed by atoms with van der Waals surface area (Å²) >= 11 is 0.878. The highest BCUT2D eigenvalue weighted by atomic mass is 32.1. The summed E-state index contributed by atoms with van der Waals surface area (Å²) in [7, 11) is 0. The molecule has 1 aromatic carbocycles. The third kappa shape index (κ3) is 3.78. The van der Waals surface area contributed by atoms with E-state index in [0.717, 1.165) is 11.3 Å². The lowest BCUT2D eigenvalue weighted by Gasteiger charge is -2.38. The van der Waals surface area contributed by atoms with Crippen LogP contribution in [0.1, 0.15) is 25.3 Å². The molecular weight excluding hydrogens is 415 g/mol. The predicted molar refractivity (Wildman–Crippen MR) is 99.2 cm³/mol. The summed E-state index contributed by atoms with van der Waals surface area (Å²) in [6.07, 6.45) is -3.72. The first kappa shape index (κ1) is 20.3. The topological polar surface area (TPSA) is 98.2 Å². The summed E-state index contributed by atoms with van der Waals surface area (Å²) in [6, 6.07) is 1.16. The van der Waals surface area contributed by atoms with Crippen molar-refractivity contribution in [2.45, 2.75) is 37.8 Å². The third-order valence-corrected chi connectivity index (χ3v) is 6.18. The van der Waals surface area contributed by atoms with E-state index in [2.05, 4.69) is 4.98 Å². The molecule has 0 aliphatic carbocycles. The standard InChI is InChI=1S/C17H17F3N3O5S/c1-9-8-27-16(28-9)2-4-22(5-3-16)15-21-14(24)11-6-10(17(18,19)20)7-12(23(25)26)13(11)29-15/h6-7,9,25H,2-5,8H2,1H3/q-1. The average molecular weight is 432 g/mol. The summed E-state index contributed by atoms with van der Waals surface area (Å²) < 4.78 is 50.8. The fourth-order valence-electron chi connectivity index (χ4n) is 3.59. The van der Waals surface area contributed by atoms with Crippen LogP contribution in [0.4, 0.5) is 24.0 Å². The molecule has 1 spiro atoms. The fraction of sp³-hybridized carbons (Fsp3) is 0.529. The Labute approximate surface area is 166 Å².